The van der Waals surface area contributed by atoms with Crippen molar-refractivity contribution < 1.29 is 20.1 Å². The zero-order chi connectivity index (χ0) is 32.4. The number of hydrogen-bond acceptors (Lipinski definition) is 4. The van der Waals surface area contributed by atoms with Gasteiger partial charge in [0.1, 0.15) is 6.10 Å². The molecule has 0 fully saturated rings. The van der Waals surface area contributed by atoms with Crippen LogP contribution >= 0.6 is 0 Å². The van der Waals surface area contributed by atoms with Crippen LogP contribution in [0.2, 0.25) is 0 Å². The minimum Gasteiger partial charge on any atom is -0.394 e. The zero-order valence-corrected chi connectivity index (χ0v) is 28.8. The van der Waals surface area contributed by atoms with Crippen molar-refractivity contribution in [2.45, 2.75) is 186 Å². The number of amides is 1. The molecule has 0 saturated heterocycles. The molecule has 3 unspecified atom stereocenters. The lowest BCUT2D eigenvalue weighted by Crippen LogP contribution is -2.48. The van der Waals surface area contributed by atoms with E-state index in [0.717, 1.165) is 32.1 Å². The molecule has 0 aromatic carbocycles. The summed E-state index contributed by atoms with van der Waals surface area (Å²) >= 11 is 0. The first kappa shape index (κ1) is 42.3. The van der Waals surface area contributed by atoms with Gasteiger partial charge in [0.05, 0.1) is 18.8 Å². The van der Waals surface area contributed by atoms with Crippen molar-refractivity contribution in [2.75, 3.05) is 6.61 Å². The first-order chi connectivity index (χ1) is 21.6. The molecule has 0 heterocycles. The standard InChI is InChI=1S/C39H71NO4/c1-3-5-7-9-11-13-14-15-16-17-18-19-20-21-22-23-24-25-26-28-29-31-33-37(42)36(35-41)40-39(44)38(43)34-32-30-27-12-10-8-6-4-2/h21-22,25-27,30-31,33,36-38,41-43H,3-20,23-24,28-29,32,34-35H2,1-2H3,(H,40,44)/b22-21+,26-25+,30-27-,33-31+. The molecule has 5 nitrogen and oxygen atoms in total. The Morgan fingerprint density at radius 2 is 0.932 bits per heavy atom. The first-order valence-corrected chi connectivity index (χ1v) is 18.5. The van der Waals surface area contributed by atoms with Crippen molar-refractivity contribution >= 4 is 5.91 Å². The molecule has 0 aromatic rings. The van der Waals surface area contributed by atoms with Gasteiger partial charge in [-0.1, -0.05) is 152 Å². The molecule has 256 valence electrons. The Bertz CT molecular complexity index is 730. The van der Waals surface area contributed by atoms with Crippen molar-refractivity contribution in [3.8, 4) is 0 Å². The molecule has 0 aromatic heterocycles. The van der Waals surface area contributed by atoms with Crippen LogP contribution in [-0.2, 0) is 4.79 Å². The van der Waals surface area contributed by atoms with Gasteiger partial charge in [-0.05, 0) is 64.2 Å². The van der Waals surface area contributed by atoms with E-state index in [9.17, 15) is 20.1 Å². The lowest BCUT2D eigenvalue weighted by atomic mass is 10.0. The third-order valence-corrected chi connectivity index (χ3v) is 8.13. The van der Waals surface area contributed by atoms with E-state index in [-0.39, 0.29) is 0 Å². The van der Waals surface area contributed by atoms with Crippen LogP contribution in [0.1, 0.15) is 168 Å². The number of aliphatic hydroxyl groups excluding tert-OH is 3. The summed E-state index contributed by atoms with van der Waals surface area (Å²) in [4.78, 5) is 12.3. The summed E-state index contributed by atoms with van der Waals surface area (Å²) in [6.07, 6.45) is 43.0. The van der Waals surface area contributed by atoms with Crippen LogP contribution in [0, 0.1) is 0 Å². The highest BCUT2D eigenvalue weighted by atomic mass is 16.3. The number of allylic oxidation sites excluding steroid dienone is 7. The van der Waals surface area contributed by atoms with E-state index in [1.54, 1.807) is 6.08 Å². The molecule has 44 heavy (non-hydrogen) atoms. The number of carbonyl (C=O) groups excluding carboxylic acids is 1. The lowest BCUT2D eigenvalue weighted by Gasteiger charge is -2.21. The van der Waals surface area contributed by atoms with E-state index in [4.69, 9.17) is 0 Å². The second-order valence-corrected chi connectivity index (χ2v) is 12.4. The fourth-order valence-electron chi connectivity index (χ4n) is 5.16. The first-order valence-electron chi connectivity index (χ1n) is 18.5. The fourth-order valence-corrected chi connectivity index (χ4v) is 5.16. The molecule has 3 atom stereocenters. The summed E-state index contributed by atoms with van der Waals surface area (Å²) in [5.74, 6) is -0.557. The third kappa shape index (κ3) is 29.0. The Labute approximate surface area is 272 Å². The minimum absolute atomic E-state index is 0.322. The van der Waals surface area contributed by atoms with E-state index in [0.29, 0.717) is 12.8 Å². The van der Waals surface area contributed by atoms with Gasteiger partial charge in [0, 0.05) is 0 Å². The van der Waals surface area contributed by atoms with Gasteiger partial charge in [0.2, 0.25) is 5.91 Å². The van der Waals surface area contributed by atoms with E-state index >= 15 is 0 Å². The fraction of sp³-hybridized carbons (Fsp3) is 0.769. The predicted molar refractivity (Wildman–Crippen MR) is 190 cm³/mol. The number of nitrogens with one attached hydrogen (secondary N) is 1. The normalized spacial score (nSPS) is 14.4. The SMILES string of the molecule is CCCCCC/C=C\CCC(O)C(=O)NC(CO)C(O)/C=C/CC/C=C/CC/C=C/CCCCCCCCCCCCCC. The molecule has 1 amide bonds. The topological polar surface area (TPSA) is 89.8 Å². The molecule has 0 aliphatic carbocycles. The summed E-state index contributed by atoms with van der Waals surface area (Å²) in [5.41, 5.74) is 0. The highest BCUT2D eigenvalue weighted by Gasteiger charge is 2.22. The van der Waals surface area contributed by atoms with Gasteiger partial charge in [0.25, 0.3) is 0 Å². The van der Waals surface area contributed by atoms with Crippen molar-refractivity contribution in [1.82, 2.24) is 5.32 Å². The average molecular weight is 618 g/mol. The second-order valence-electron chi connectivity index (χ2n) is 12.4. The summed E-state index contributed by atoms with van der Waals surface area (Å²) in [6, 6.07) is -0.834. The van der Waals surface area contributed by atoms with Crippen LogP contribution in [0.3, 0.4) is 0 Å². The molecule has 0 spiro atoms. The number of aliphatic hydroxyl groups is 3. The molecule has 5 heteroatoms. The molecule has 0 aliphatic heterocycles. The molecule has 0 bridgehead atoms. The van der Waals surface area contributed by atoms with Gasteiger partial charge in [0.15, 0.2) is 0 Å². The largest absolute Gasteiger partial charge is 0.394 e. The molecule has 0 radical (unpaired) electrons. The maximum Gasteiger partial charge on any atom is 0.249 e. The monoisotopic (exact) mass is 618 g/mol. The van der Waals surface area contributed by atoms with Gasteiger partial charge >= 0.3 is 0 Å². The van der Waals surface area contributed by atoms with E-state index in [1.165, 1.54) is 109 Å². The van der Waals surface area contributed by atoms with Crippen LogP contribution in [0.25, 0.3) is 0 Å². The lowest BCUT2D eigenvalue weighted by molar-refractivity contribution is -0.131. The predicted octanol–water partition coefficient (Wildman–Crippen LogP) is 9.81. The molecular formula is C39H71NO4. The van der Waals surface area contributed by atoms with Crippen molar-refractivity contribution in [3.05, 3.63) is 48.6 Å². The Hall–Kier alpha value is -1.69. The van der Waals surface area contributed by atoms with E-state index in [1.807, 2.05) is 12.2 Å². The Kier molecular flexibility index (Phi) is 32.9. The van der Waals surface area contributed by atoms with Gasteiger partial charge in [-0.2, -0.15) is 0 Å². The van der Waals surface area contributed by atoms with Crippen molar-refractivity contribution in [1.29, 1.82) is 0 Å². The van der Waals surface area contributed by atoms with Gasteiger partial charge in [-0.15, -0.1) is 0 Å². The zero-order valence-electron chi connectivity index (χ0n) is 28.8. The smallest absolute Gasteiger partial charge is 0.249 e. The Morgan fingerprint density at radius 1 is 0.545 bits per heavy atom. The van der Waals surface area contributed by atoms with Crippen LogP contribution in [0.5, 0.6) is 0 Å². The van der Waals surface area contributed by atoms with Gasteiger partial charge < -0.3 is 20.6 Å². The number of unbranched alkanes of at least 4 members (excludes halogenated alkanes) is 18. The average Bonchev–Trinajstić information content (AvgIpc) is 3.03. The van der Waals surface area contributed by atoms with Crippen LogP contribution in [-0.4, -0.2) is 46.1 Å². The van der Waals surface area contributed by atoms with Crippen molar-refractivity contribution in [3.63, 3.8) is 0 Å². The number of hydrogen-bond donors (Lipinski definition) is 4. The summed E-state index contributed by atoms with van der Waals surface area (Å²) in [7, 11) is 0. The number of rotatable bonds is 32. The summed E-state index contributed by atoms with van der Waals surface area (Å²) < 4.78 is 0. The quantitative estimate of drug-likeness (QED) is 0.0447. The van der Waals surface area contributed by atoms with Crippen LogP contribution in [0.15, 0.2) is 48.6 Å². The second kappa shape index (κ2) is 34.2. The minimum atomic E-state index is -1.15. The highest BCUT2D eigenvalue weighted by Crippen LogP contribution is 2.13. The molecular weight excluding hydrogens is 546 g/mol. The molecule has 4 N–H and O–H groups in total. The van der Waals surface area contributed by atoms with Crippen molar-refractivity contribution in [2.24, 2.45) is 0 Å². The van der Waals surface area contributed by atoms with Crippen LogP contribution in [0.4, 0.5) is 0 Å². The van der Waals surface area contributed by atoms with Crippen LogP contribution < -0.4 is 5.32 Å². The molecule has 0 saturated carbocycles. The summed E-state index contributed by atoms with van der Waals surface area (Å²) in [5, 5.41) is 32.7. The molecule has 0 rings (SSSR count). The summed E-state index contributed by atoms with van der Waals surface area (Å²) in [6.45, 7) is 4.08. The Balaban J connectivity index is 3.80. The maximum absolute atomic E-state index is 12.3. The van der Waals surface area contributed by atoms with Gasteiger partial charge in [-0.3, -0.25) is 4.79 Å². The molecule has 0 aliphatic rings. The third-order valence-electron chi connectivity index (χ3n) is 8.13. The van der Waals surface area contributed by atoms with E-state index in [2.05, 4.69) is 49.5 Å². The maximum atomic E-state index is 12.3. The highest BCUT2D eigenvalue weighted by molar-refractivity contribution is 5.80. The van der Waals surface area contributed by atoms with Gasteiger partial charge in [-0.25, -0.2) is 0 Å². The van der Waals surface area contributed by atoms with E-state index < -0.39 is 30.8 Å². The Morgan fingerprint density at radius 3 is 1.41 bits per heavy atom. The number of carbonyl (C=O) groups is 1.